The first-order chi connectivity index (χ1) is 10.8. The number of nitrogens with zero attached hydrogens (tertiary/aromatic N) is 4. The summed E-state index contributed by atoms with van der Waals surface area (Å²) in [7, 11) is 1.74. The summed E-state index contributed by atoms with van der Waals surface area (Å²) < 4.78 is 5.21. The molecule has 7 heteroatoms. The van der Waals surface area contributed by atoms with Crippen LogP contribution in [0.3, 0.4) is 0 Å². The first-order valence-corrected chi connectivity index (χ1v) is 8.39. The van der Waals surface area contributed by atoms with Crippen LogP contribution in [0, 0.1) is 6.92 Å². The monoisotopic (exact) mass is 319 g/mol. The maximum Gasteiger partial charge on any atom is 0.188 e. The highest BCUT2D eigenvalue weighted by atomic mass is 32.1. The zero-order valence-electron chi connectivity index (χ0n) is 13.0. The molecule has 22 heavy (non-hydrogen) atoms. The fourth-order valence-corrected chi connectivity index (χ4v) is 3.50. The molecule has 1 fully saturated rings. The Morgan fingerprint density at radius 1 is 1.41 bits per heavy atom. The molecule has 0 spiro atoms. The van der Waals surface area contributed by atoms with E-state index in [2.05, 4.69) is 25.2 Å². The van der Waals surface area contributed by atoms with Crippen LogP contribution in [0.2, 0.25) is 0 Å². The van der Waals surface area contributed by atoms with Crippen LogP contribution in [0.15, 0.2) is 17.8 Å². The van der Waals surface area contributed by atoms with Crippen LogP contribution in [0.1, 0.15) is 30.3 Å². The molecule has 6 nitrogen and oxygen atoms in total. The van der Waals surface area contributed by atoms with Crippen molar-refractivity contribution in [1.29, 1.82) is 0 Å². The van der Waals surface area contributed by atoms with Crippen molar-refractivity contribution < 1.29 is 4.74 Å². The smallest absolute Gasteiger partial charge is 0.188 e. The summed E-state index contributed by atoms with van der Waals surface area (Å²) >= 11 is 1.59. The molecule has 1 N–H and O–H groups in total. The molecule has 2 aromatic rings. The fraction of sp³-hybridized carbons (Fsp3) is 0.533. The summed E-state index contributed by atoms with van der Waals surface area (Å²) in [5.74, 6) is 0.811. The highest BCUT2D eigenvalue weighted by molar-refractivity contribution is 7.13. The molecule has 0 aliphatic carbocycles. The lowest BCUT2D eigenvalue weighted by atomic mass is 10.1. The van der Waals surface area contributed by atoms with Crippen molar-refractivity contribution >= 4 is 22.3 Å². The lowest BCUT2D eigenvalue weighted by molar-refractivity contribution is 0.140. The van der Waals surface area contributed by atoms with E-state index in [4.69, 9.17) is 4.74 Å². The molecule has 1 unspecified atom stereocenters. The summed E-state index contributed by atoms with van der Waals surface area (Å²) in [4.78, 5) is 15.9. The summed E-state index contributed by atoms with van der Waals surface area (Å²) in [5, 5.41) is 6.21. The summed E-state index contributed by atoms with van der Waals surface area (Å²) in [6, 6.07) is 0.299. The minimum Gasteiger partial charge on any atom is -0.383 e. The Balaban J connectivity index is 1.81. The SMILES string of the molecule is COCCN1CCCC1c1nccnc1Nc1nc(C)cs1. The van der Waals surface area contributed by atoms with Gasteiger partial charge < -0.3 is 10.1 Å². The van der Waals surface area contributed by atoms with Gasteiger partial charge in [-0.3, -0.25) is 9.88 Å². The predicted octanol–water partition coefficient (Wildman–Crippen LogP) is 2.77. The summed E-state index contributed by atoms with van der Waals surface area (Å²) in [6.45, 7) is 4.74. The topological polar surface area (TPSA) is 63.2 Å². The normalized spacial score (nSPS) is 18.7. The van der Waals surface area contributed by atoms with E-state index in [1.165, 1.54) is 6.42 Å². The van der Waals surface area contributed by atoms with Crippen LogP contribution >= 0.6 is 11.3 Å². The number of nitrogens with one attached hydrogen (secondary N) is 1. The van der Waals surface area contributed by atoms with Crippen molar-refractivity contribution in [2.45, 2.75) is 25.8 Å². The third-order valence-electron chi connectivity index (χ3n) is 3.83. The van der Waals surface area contributed by atoms with Gasteiger partial charge in [0.25, 0.3) is 0 Å². The van der Waals surface area contributed by atoms with Crippen molar-refractivity contribution in [2.75, 3.05) is 32.1 Å². The molecule has 0 aromatic carbocycles. The molecular formula is C15H21N5OS. The second kappa shape index (κ2) is 7.13. The Morgan fingerprint density at radius 3 is 3.05 bits per heavy atom. The van der Waals surface area contributed by atoms with Crippen LogP contribution in [0.25, 0.3) is 0 Å². The second-order valence-corrected chi connectivity index (χ2v) is 6.25. The highest BCUT2D eigenvalue weighted by Gasteiger charge is 2.29. The number of ether oxygens (including phenoxy) is 1. The van der Waals surface area contributed by atoms with Gasteiger partial charge in [0.15, 0.2) is 10.9 Å². The Bertz CT molecular complexity index is 617. The lowest BCUT2D eigenvalue weighted by Crippen LogP contribution is -2.28. The quantitative estimate of drug-likeness (QED) is 0.883. The molecule has 1 aliphatic heterocycles. The minimum absolute atomic E-state index is 0.299. The number of thiazole rings is 1. The molecule has 2 aromatic heterocycles. The van der Waals surface area contributed by atoms with E-state index in [1.807, 2.05) is 12.3 Å². The van der Waals surface area contributed by atoms with E-state index < -0.39 is 0 Å². The number of hydrogen-bond donors (Lipinski definition) is 1. The number of likely N-dealkylation sites (tertiary alicyclic amines) is 1. The number of methoxy groups -OCH3 is 1. The zero-order valence-corrected chi connectivity index (χ0v) is 13.8. The standard InChI is InChI=1S/C15H21N5OS/c1-11-10-22-15(18-11)19-14-13(16-5-6-17-14)12-4-3-7-20(12)8-9-21-2/h5-6,10,12H,3-4,7-9H2,1-2H3,(H,17,18,19). The summed E-state index contributed by atoms with van der Waals surface area (Å²) in [5.41, 5.74) is 2.02. The van der Waals surface area contributed by atoms with Crippen LogP contribution in [-0.2, 0) is 4.74 Å². The Labute approximate surface area is 134 Å². The first-order valence-electron chi connectivity index (χ1n) is 7.51. The fourth-order valence-electron chi connectivity index (χ4n) is 2.81. The molecule has 0 bridgehead atoms. The molecule has 0 amide bonds. The molecular weight excluding hydrogens is 298 g/mol. The third-order valence-corrected chi connectivity index (χ3v) is 4.71. The molecule has 0 saturated carbocycles. The van der Waals surface area contributed by atoms with Crippen LogP contribution in [-0.4, -0.2) is 46.7 Å². The number of aromatic nitrogens is 3. The van der Waals surface area contributed by atoms with Gasteiger partial charge >= 0.3 is 0 Å². The Kier molecular flexibility index (Phi) is 4.97. The lowest BCUT2D eigenvalue weighted by Gasteiger charge is -2.24. The van der Waals surface area contributed by atoms with E-state index in [1.54, 1.807) is 30.8 Å². The van der Waals surface area contributed by atoms with Crippen molar-refractivity contribution in [3.8, 4) is 0 Å². The van der Waals surface area contributed by atoms with Gasteiger partial charge in [0.1, 0.15) is 5.69 Å². The van der Waals surface area contributed by atoms with E-state index in [-0.39, 0.29) is 0 Å². The van der Waals surface area contributed by atoms with Gasteiger partial charge in [-0.2, -0.15) is 0 Å². The van der Waals surface area contributed by atoms with Gasteiger partial charge in [-0.15, -0.1) is 11.3 Å². The maximum atomic E-state index is 5.21. The Morgan fingerprint density at radius 2 is 2.27 bits per heavy atom. The maximum absolute atomic E-state index is 5.21. The molecule has 0 radical (unpaired) electrons. The van der Waals surface area contributed by atoms with Crippen molar-refractivity contribution in [1.82, 2.24) is 19.9 Å². The van der Waals surface area contributed by atoms with Crippen molar-refractivity contribution in [3.63, 3.8) is 0 Å². The van der Waals surface area contributed by atoms with Crippen LogP contribution < -0.4 is 5.32 Å². The zero-order chi connectivity index (χ0) is 15.4. The van der Waals surface area contributed by atoms with E-state index in [9.17, 15) is 0 Å². The van der Waals surface area contributed by atoms with E-state index >= 15 is 0 Å². The van der Waals surface area contributed by atoms with Gasteiger partial charge in [0.2, 0.25) is 0 Å². The molecule has 3 heterocycles. The number of aryl methyl sites for hydroxylation is 1. The van der Waals surface area contributed by atoms with Crippen LogP contribution in [0.5, 0.6) is 0 Å². The molecule has 118 valence electrons. The molecule has 1 saturated heterocycles. The van der Waals surface area contributed by atoms with E-state index in [0.29, 0.717) is 6.04 Å². The van der Waals surface area contributed by atoms with Gasteiger partial charge in [0.05, 0.1) is 18.3 Å². The average molecular weight is 319 g/mol. The second-order valence-electron chi connectivity index (χ2n) is 5.40. The molecule has 1 aliphatic rings. The van der Waals surface area contributed by atoms with Gasteiger partial charge in [0, 0.05) is 31.4 Å². The predicted molar refractivity (Wildman–Crippen MR) is 87.6 cm³/mol. The largest absolute Gasteiger partial charge is 0.383 e. The van der Waals surface area contributed by atoms with Crippen molar-refractivity contribution in [3.05, 3.63) is 29.2 Å². The number of anilines is 2. The van der Waals surface area contributed by atoms with Gasteiger partial charge in [-0.05, 0) is 26.3 Å². The van der Waals surface area contributed by atoms with Crippen LogP contribution in [0.4, 0.5) is 10.9 Å². The third kappa shape index (κ3) is 3.43. The minimum atomic E-state index is 0.299. The van der Waals surface area contributed by atoms with Crippen molar-refractivity contribution in [2.24, 2.45) is 0 Å². The first kappa shape index (κ1) is 15.3. The van der Waals surface area contributed by atoms with E-state index in [0.717, 1.165) is 48.5 Å². The molecule has 3 rings (SSSR count). The number of hydrogen-bond acceptors (Lipinski definition) is 7. The Hall–Kier alpha value is -1.57. The highest BCUT2D eigenvalue weighted by Crippen LogP contribution is 2.34. The van der Waals surface area contributed by atoms with Gasteiger partial charge in [-0.1, -0.05) is 0 Å². The number of rotatable bonds is 6. The average Bonchev–Trinajstić information content (AvgIpc) is 3.15. The molecule has 1 atom stereocenters. The summed E-state index contributed by atoms with van der Waals surface area (Å²) in [6.07, 6.45) is 5.77. The van der Waals surface area contributed by atoms with Gasteiger partial charge in [-0.25, -0.2) is 9.97 Å².